The summed E-state index contributed by atoms with van der Waals surface area (Å²) in [7, 11) is -3.55. The molecule has 1 aliphatic rings. The molecule has 0 aromatic carbocycles. The van der Waals surface area contributed by atoms with E-state index in [1.165, 1.54) is 4.31 Å². The third-order valence-electron chi connectivity index (χ3n) is 3.23. The van der Waals surface area contributed by atoms with Gasteiger partial charge in [-0.15, -0.1) is 10.2 Å². The minimum atomic E-state index is -3.55. The highest BCUT2D eigenvalue weighted by atomic mass is 32.2. The number of aromatic nitrogens is 4. The predicted octanol–water partition coefficient (Wildman–Crippen LogP) is -1.23. The average molecular weight is 289 g/mol. The molecule has 1 aliphatic heterocycles. The Morgan fingerprint density at radius 3 is 3.05 bits per heavy atom. The van der Waals surface area contributed by atoms with Crippen LogP contribution in [0.5, 0.6) is 0 Å². The zero-order valence-corrected chi connectivity index (χ0v) is 11.6. The molecule has 19 heavy (non-hydrogen) atoms. The van der Waals surface area contributed by atoms with Crippen LogP contribution in [0.25, 0.3) is 0 Å². The fourth-order valence-corrected chi connectivity index (χ4v) is 3.62. The normalized spacial score (nSPS) is 23.4. The summed E-state index contributed by atoms with van der Waals surface area (Å²) in [5, 5.41) is 13.2. The molecular formula is C9H19N7O2S. The van der Waals surface area contributed by atoms with Gasteiger partial charge in [0.1, 0.15) is 0 Å². The highest BCUT2D eigenvalue weighted by Crippen LogP contribution is 2.18. The second-order valence-corrected chi connectivity index (χ2v) is 6.42. The van der Waals surface area contributed by atoms with E-state index in [4.69, 9.17) is 5.73 Å². The van der Waals surface area contributed by atoms with Crippen LogP contribution >= 0.6 is 0 Å². The molecule has 0 aliphatic carbocycles. The van der Waals surface area contributed by atoms with Crippen molar-refractivity contribution in [2.45, 2.75) is 25.8 Å². The van der Waals surface area contributed by atoms with Crippen molar-refractivity contribution in [3.8, 4) is 0 Å². The van der Waals surface area contributed by atoms with Crippen LogP contribution in [0.1, 0.15) is 31.6 Å². The van der Waals surface area contributed by atoms with E-state index in [1.807, 2.05) is 0 Å². The van der Waals surface area contributed by atoms with E-state index < -0.39 is 16.3 Å². The second-order valence-electron chi connectivity index (χ2n) is 4.72. The molecule has 0 radical (unpaired) electrons. The molecule has 2 rings (SSSR count). The van der Waals surface area contributed by atoms with Crippen molar-refractivity contribution >= 4 is 10.2 Å². The summed E-state index contributed by atoms with van der Waals surface area (Å²) in [4.78, 5) is 0. The maximum absolute atomic E-state index is 12.2. The Bertz CT molecular complexity index is 489. The molecule has 9 nitrogen and oxygen atoms in total. The van der Waals surface area contributed by atoms with Crippen LogP contribution in [0.2, 0.25) is 0 Å². The third kappa shape index (κ3) is 3.47. The molecule has 4 N–H and O–H groups in total. The third-order valence-corrected chi connectivity index (χ3v) is 4.89. The minimum absolute atomic E-state index is 0.228. The lowest BCUT2D eigenvalue weighted by molar-refractivity contribution is 0.267. The van der Waals surface area contributed by atoms with Crippen LogP contribution in [0, 0.1) is 5.92 Å². The lowest BCUT2D eigenvalue weighted by Gasteiger charge is -2.31. The number of H-pyrrole nitrogens is 1. The van der Waals surface area contributed by atoms with Crippen LogP contribution in [0.4, 0.5) is 0 Å². The molecule has 1 saturated heterocycles. The number of nitrogens with two attached hydrogens (primary N) is 1. The Balaban J connectivity index is 2.01. The van der Waals surface area contributed by atoms with E-state index in [1.54, 1.807) is 6.92 Å². The predicted molar refractivity (Wildman–Crippen MR) is 68.0 cm³/mol. The molecule has 0 spiro atoms. The number of tetrazole rings is 1. The molecule has 1 aromatic heterocycles. The van der Waals surface area contributed by atoms with Gasteiger partial charge in [-0.2, -0.15) is 22.7 Å². The van der Waals surface area contributed by atoms with Crippen LogP contribution in [0.15, 0.2) is 0 Å². The standard InChI is InChI=1S/C9H19N7O2S/c1-7(9-11-14-15-12-9)13-19(17,18)16-4-2-3-8(5-10)6-16/h7-8,13H,2-6,10H2,1H3,(H,11,12,14,15). The maximum atomic E-state index is 12.2. The molecule has 0 bridgehead atoms. The summed E-state index contributed by atoms with van der Waals surface area (Å²) in [6.45, 7) is 3.16. The van der Waals surface area contributed by atoms with Gasteiger partial charge in [-0.25, -0.2) is 0 Å². The van der Waals surface area contributed by atoms with E-state index in [-0.39, 0.29) is 5.92 Å². The van der Waals surface area contributed by atoms with E-state index in [0.29, 0.717) is 25.5 Å². The van der Waals surface area contributed by atoms with Crippen molar-refractivity contribution in [3.05, 3.63) is 5.82 Å². The second kappa shape index (κ2) is 5.90. The van der Waals surface area contributed by atoms with E-state index in [9.17, 15) is 8.42 Å². The number of aromatic amines is 1. The molecular weight excluding hydrogens is 270 g/mol. The van der Waals surface area contributed by atoms with Crippen molar-refractivity contribution in [2.24, 2.45) is 11.7 Å². The van der Waals surface area contributed by atoms with Crippen molar-refractivity contribution in [1.82, 2.24) is 29.7 Å². The van der Waals surface area contributed by atoms with Gasteiger partial charge in [0.05, 0.1) is 6.04 Å². The SMILES string of the molecule is CC(NS(=O)(=O)N1CCCC(CN)C1)c1nn[nH]n1. The molecule has 0 amide bonds. The fourth-order valence-electron chi connectivity index (χ4n) is 2.14. The Morgan fingerprint density at radius 2 is 2.42 bits per heavy atom. The Kier molecular flexibility index (Phi) is 4.45. The minimum Gasteiger partial charge on any atom is -0.330 e. The molecule has 2 unspecified atom stereocenters. The molecule has 10 heteroatoms. The number of rotatable bonds is 5. The zero-order valence-electron chi connectivity index (χ0n) is 10.8. The summed E-state index contributed by atoms with van der Waals surface area (Å²) < 4.78 is 28.5. The molecule has 0 saturated carbocycles. The first-order valence-corrected chi connectivity index (χ1v) is 7.67. The first kappa shape index (κ1) is 14.3. The Hall–Kier alpha value is -1.10. The Labute approximate surface area is 112 Å². The molecule has 1 fully saturated rings. The number of piperidine rings is 1. The largest absolute Gasteiger partial charge is 0.330 e. The van der Waals surface area contributed by atoms with Crippen LogP contribution in [-0.4, -0.2) is 53.0 Å². The number of nitrogens with one attached hydrogen (secondary N) is 2. The highest BCUT2D eigenvalue weighted by Gasteiger charge is 2.30. The van der Waals surface area contributed by atoms with Gasteiger partial charge in [-0.3, -0.25) is 0 Å². The molecule has 2 heterocycles. The van der Waals surface area contributed by atoms with E-state index >= 15 is 0 Å². The van der Waals surface area contributed by atoms with E-state index in [0.717, 1.165) is 12.8 Å². The number of nitrogens with zero attached hydrogens (tertiary/aromatic N) is 4. The van der Waals surface area contributed by atoms with Gasteiger partial charge in [0.25, 0.3) is 10.2 Å². The molecule has 108 valence electrons. The maximum Gasteiger partial charge on any atom is 0.280 e. The number of hydrogen-bond donors (Lipinski definition) is 3. The average Bonchev–Trinajstić information content (AvgIpc) is 2.92. The van der Waals surface area contributed by atoms with Gasteiger partial charge in [0.2, 0.25) is 0 Å². The first-order valence-electron chi connectivity index (χ1n) is 6.23. The van der Waals surface area contributed by atoms with Crippen LogP contribution in [0.3, 0.4) is 0 Å². The molecule has 2 atom stereocenters. The summed E-state index contributed by atoms with van der Waals surface area (Å²) in [6, 6.07) is -0.526. The van der Waals surface area contributed by atoms with Crippen molar-refractivity contribution in [3.63, 3.8) is 0 Å². The van der Waals surface area contributed by atoms with Gasteiger partial charge >= 0.3 is 0 Å². The van der Waals surface area contributed by atoms with Gasteiger partial charge in [0.15, 0.2) is 5.82 Å². The summed E-state index contributed by atoms with van der Waals surface area (Å²) in [6.07, 6.45) is 1.81. The smallest absolute Gasteiger partial charge is 0.280 e. The van der Waals surface area contributed by atoms with Crippen molar-refractivity contribution < 1.29 is 8.42 Å². The summed E-state index contributed by atoms with van der Waals surface area (Å²) >= 11 is 0. The Morgan fingerprint density at radius 1 is 1.63 bits per heavy atom. The van der Waals surface area contributed by atoms with Crippen molar-refractivity contribution in [2.75, 3.05) is 19.6 Å². The summed E-state index contributed by atoms with van der Waals surface area (Å²) in [5.74, 6) is 0.543. The van der Waals surface area contributed by atoms with Gasteiger partial charge in [-0.05, 0) is 32.2 Å². The van der Waals surface area contributed by atoms with Crippen molar-refractivity contribution in [1.29, 1.82) is 0 Å². The van der Waals surface area contributed by atoms with Gasteiger partial charge in [0, 0.05) is 13.1 Å². The summed E-state index contributed by atoms with van der Waals surface area (Å²) in [5.41, 5.74) is 5.61. The zero-order chi connectivity index (χ0) is 13.9. The lowest BCUT2D eigenvalue weighted by Crippen LogP contribution is -2.47. The van der Waals surface area contributed by atoms with Gasteiger partial charge in [-0.1, -0.05) is 5.21 Å². The highest BCUT2D eigenvalue weighted by molar-refractivity contribution is 7.87. The number of hydrogen-bond acceptors (Lipinski definition) is 6. The van der Waals surface area contributed by atoms with Crippen LogP contribution in [-0.2, 0) is 10.2 Å². The van der Waals surface area contributed by atoms with E-state index in [2.05, 4.69) is 25.3 Å². The first-order chi connectivity index (χ1) is 9.03. The van der Waals surface area contributed by atoms with Gasteiger partial charge < -0.3 is 5.73 Å². The fraction of sp³-hybridized carbons (Fsp3) is 0.889. The van der Waals surface area contributed by atoms with Crippen LogP contribution < -0.4 is 10.5 Å². The topological polar surface area (TPSA) is 130 Å². The molecule has 1 aromatic rings. The lowest BCUT2D eigenvalue weighted by atomic mass is 10.0. The quantitative estimate of drug-likeness (QED) is 0.622. The monoisotopic (exact) mass is 289 g/mol.